The van der Waals surface area contributed by atoms with Gasteiger partial charge in [0.1, 0.15) is 0 Å². The molecule has 0 amide bonds. The second-order valence-electron chi connectivity index (χ2n) is 12.2. The van der Waals surface area contributed by atoms with E-state index in [0.29, 0.717) is 10.8 Å². The molecule has 3 saturated carbocycles. The SMILES string of the molecule is CC(C)CCC[C@@H](C)[C@H]1CC[C@H]2[C@@H]3CC=C4C[C@@H](O)CC[C@]4(C)[C@H]3CC[C@]12C.[SeH][SeH]. The molecule has 0 aliphatic heterocycles. The number of aliphatic hydroxyl groups is 1. The van der Waals surface area contributed by atoms with Crippen LogP contribution in [0.3, 0.4) is 0 Å². The molecule has 4 aliphatic carbocycles. The molecule has 4 aliphatic rings. The van der Waals surface area contributed by atoms with Crippen molar-refractivity contribution in [2.45, 2.75) is 111 Å². The molecular formula is C27H48OSe2. The van der Waals surface area contributed by atoms with Gasteiger partial charge in [0, 0.05) is 0 Å². The molecule has 8 atom stereocenters. The van der Waals surface area contributed by atoms with Crippen molar-refractivity contribution in [3.8, 4) is 0 Å². The van der Waals surface area contributed by atoms with Crippen LogP contribution in [0, 0.1) is 46.3 Å². The van der Waals surface area contributed by atoms with Crippen LogP contribution in [0.2, 0.25) is 0 Å². The first-order valence-corrected chi connectivity index (χ1v) is 18.0. The van der Waals surface area contributed by atoms with E-state index in [0.717, 1.165) is 48.3 Å². The summed E-state index contributed by atoms with van der Waals surface area (Å²) in [6.07, 6.45) is 17.2. The Morgan fingerprint density at radius 1 is 1.00 bits per heavy atom. The van der Waals surface area contributed by atoms with Gasteiger partial charge in [0.2, 0.25) is 0 Å². The summed E-state index contributed by atoms with van der Waals surface area (Å²) in [6, 6.07) is 0. The average Bonchev–Trinajstić information content (AvgIpc) is 3.07. The minimum atomic E-state index is -0.0766. The van der Waals surface area contributed by atoms with Gasteiger partial charge in [-0.3, -0.25) is 0 Å². The molecule has 0 aromatic carbocycles. The molecule has 3 fully saturated rings. The Morgan fingerprint density at radius 3 is 2.43 bits per heavy atom. The second-order valence-corrected chi connectivity index (χ2v) is 12.2. The minimum absolute atomic E-state index is 0.0766. The zero-order valence-electron chi connectivity index (χ0n) is 20.2. The summed E-state index contributed by atoms with van der Waals surface area (Å²) in [5, 5.41) is 10.2. The molecule has 4 rings (SSSR count). The molecule has 0 aromatic rings. The summed E-state index contributed by atoms with van der Waals surface area (Å²) in [7, 11) is 0. The van der Waals surface area contributed by atoms with E-state index in [2.05, 4.69) is 69.1 Å². The fourth-order valence-corrected chi connectivity index (χ4v) is 8.67. The maximum atomic E-state index is 10.2. The average molecular weight is 547 g/mol. The predicted octanol–water partition coefficient (Wildman–Crippen LogP) is 6.09. The topological polar surface area (TPSA) is 20.2 Å². The molecule has 0 unspecified atom stereocenters. The molecule has 0 bridgehead atoms. The Morgan fingerprint density at radius 2 is 1.73 bits per heavy atom. The number of fused-ring (bicyclic) bond motifs is 5. The van der Waals surface area contributed by atoms with Crippen molar-refractivity contribution in [2.75, 3.05) is 0 Å². The fraction of sp³-hybridized carbons (Fsp3) is 0.926. The summed E-state index contributed by atoms with van der Waals surface area (Å²) in [5.74, 6) is 5.46. The van der Waals surface area contributed by atoms with E-state index in [1.807, 2.05) is 0 Å². The molecule has 0 spiro atoms. The monoisotopic (exact) mass is 548 g/mol. The zero-order valence-corrected chi connectivity index (χ0v) is 24.0. The van der Waals surface area contributed by atoms with Crippen molar-refractivity contribution in [3.05, 3.63) is 11.6 Å². The third kappa shape index (κ3) is 4.68. The van der Waals surface area contributed by atoms with Crippen LogP contribution in [-0.2, 0) is 0 Å². The van der Waals surface area contributed by atoms with Crippen LogP contribution >= 0.6 is 0 Å². The van der Waals surface area contributed by atoms with Crippen molar-refractivity contribution < 1.29 is 5.11 Å². The van der Waals surface area contributed by atoms with E-state index in [1.165, 1.54) is 57.8 Å². The van der Waals surface area contributed by atoms with Crippen molar-refractivity contribution in [1.82, 2.24) is 0 Å². The van der Waals surface area contributed by atoms with Gasteiger partial charge < -0.3 is 5.11 Å². The first-order chi connectivity index (χ1) is 14.3. The quantitative estimate of drug-likeness (QED) is 0.327. The van der Waals surface area contributed by atoms with Crippen LogP contribution in [0.5, 0.6) is 0 Å². The second kappa shape index (κ2) is 10.3. The van der Waals surface area contributed by atoms with E-state index in [4.69, 9.17) is 0 Å². The molecule has 0 saturated heterocycles. The zero-order chi connectivity index (χ0) is 22.1. The number of aliphatic hydroxyl groups excluding tert-OH is 1. The Hall–Kier alpha value is 0.739. The summed E-state index contributed by atoms with van der Waals surface area (Å²) in [6.45, 7) is 12.6. The van der Waals surface area contributed by atoms with Gasteiger partial charge in [-0.15, -0.1) is 0 Å². The van der Waals surface area contributed by atoms with Crippen molar-refractivity contribution in [1.29, 1.82) is 0 Å². The van der Waals surface area contributed by atoms with Crippen molar-refractivity contribution in [3.63, 3.8) is 0 Å². The van der Waals surface area contributed by atoms with Gasteiger partial charge in [0.05, 0.1) is 6.10 Å². The molecule has 30 heavy (non-hydrogen) atoms. The molecule has 0 aromatic heterocycles. The summed E-state index contributed by atoms with van der Waals surface area (Å²) < 4.78 is 0. The Labute approximate surface area is 202 Å². The molecule has 1 N–H and O–H groups in total. The number of rotatable bonds is 5. The third-order valence-electron chi connectivity index (χ3n) is 10.3. The van der Waals surface area contributed by atoms with E-state index < -0.39 is 0 Å². The van der Waals surface area contributed by atoms with Crippen LogP contribution in [0.25, 0.3) is 0 Å². The van der Waals surface area contributed by atoms with Gasteiger partial charge >= 0.3 is 28.4 Å². The first kappa shape index (κ1) is 25.4. The van der Waals surface area contributed by atoms with Crippen LogP contribution < -0.4 is 0 Å². The Bertz CT molecular complexity index is 602. The maximum absolute atomic E-state index is 10.2. The van der Waals surface area contributed by atoms with Crippen molar-refractivity contribution in [2.24, 2.45) is 46.3 Å². The Kier molecular flexibility index (Phi) is 8.74. The first-order valence-electron chi connectivity index (χ1n) is 12.8. The number of hydrogen-bond donors (Lipinski definition) is 1. The van der Waals surface area contributed by atoms with Gasteiger partial charge in [-0.1, -0.05) is 65.5 Å². The van der Waals surface area contributed by atoms with Crippen LogP contribution in [0.15, 0.2) is 11.6 Å². The summed E-state index contributed by atoms with van der Waals surface area (Å²) in [4.78, 5) is 0. The van der Waals surface area contributed by atoms with Crippen LogP contribution in [-0.4, -0.2) is 39.6 Å². The number of allylic oxidation sites excluding steroid dienone is 1. The normalized spacial score (nSPS) is 43.6. The number of hydrogen-bond acceptors (Lipinski definition) is 1. The van der Waals surface area contributed by atoms with Gasteiger partial charge in [0.25, 0.3) is 0 Å². The molecule has 0 radical (unpaired) electrons. The van der Waals surface area contributed by atoms with Gasteiger partial charge in [-0.2, -0.15) is 0 Å². The Balaban J connectivity index is 0.00000124. The van der Waals surface area contributed by atoms with E-state index >= 15 is 0 Å². The van der Waals surface area contributed by atoms with E-state index in [9.17, 15) is 5.11 Å². The summed E-state index contributed by atoms with van der Waals surface area (Å²) in [5.41, 5.74) is 2.60. The fourth-order valence-electron chi connectivity index (χ4n) is 8.67. The standard InChI is InChI=1S/C27H46O.H2Se2/c1-18(2)7-6-8-19(3)23-11-12-24-22-10-9-20-17-21(28)13-15-26(20,4)25(22)14-16-27(23,24)5;1-2/h9,18-19,21-25,28H,6-8,10-17H2,1-5H3;1-2H/t19-,21+,22+,23-,24+,25+,26+,27-;/m1./s1. The predicted molar refractivity (Wildman–Crippen MR) is 133 cm³/mol. The molecule has 1 nitrogen and oxygen atoms in total. The van der Waals surface area contributed by atoms with E-state index in [1.54, 1.807) is 5.57 Å². The van der Waals surface area contributed by atoms with Gasteiger partial charge in [-0.25, -0.2) is 0 Å². The molecule has 174 valence electrons. The van der Waals surface area contributed by atoms with Gasteiger partial charge in [0.15, 0.2) is 0 Å². The van der Waals surface area contributed by atoms with E-state index in [-0.39, 0.29) is 6.10 Å². The molecule has 0 heterocycles. The third-order valence-corrected chi connectivity index (χ3v) is 10.3. The van der Waals surface area contributed by atoms with Crippen molar-refractivity contribution >= 4 is 28.4 Å². The van der Waals surface area contributed by atoms with Gasteiger partial charge in [-0.05, 0) is 97.7 Å². The molecular weight excluding hydrogens is 498 g/mol. The summed E-state index contributed by atoms with van der Waals surface area (Å²) >= 11 is 4.50. The van der Waals surface area contributed by atoms with Crippen LogP contribution in [0.4, 0.5) is 0 Å². The molecule has 3 heteroatoms. The van der Waals surface area contributed by atoms with Crippen LogP contribution in [0.1, 0.15) is 105 Å².